The van der Waals surface area contributed by atoms with Gasteiger partial charge in [-0.05, 0) is 36.1 Å². The number of amidine groups is 1. The summed E-state index contributed by atoms with van der Waals surface area (Å²) in [4.78, 5) is 19.7. The maximum Gasteiger partial charge on any atom is 0.263 e. The first-order valence-corrected chi connectivity index (χ1v) is 11.1. The minimum atomic E-state index is -3.55. The maximum absolute atomic E-state index is 12.3. The highest BCUT2D eigenvalue weighted by Gasteiger charge is 2.29. The predicted octanol–water partition coefficient (Wildman–Crippen LogP) is 2.50. The summed E-state index contributed by atoms with van der Waals surface area (Å²) in [6.07, 6.45) is 2.24. The van der Waals surface area contributed by atoms with Crippen molar-refractivity contribution < 1.29 is 13.2 Å². The van der Waals surface area contributed by atoms with E-state index in [0.717, 1.165) is 5.56 Å². The van der Waals surface area contributed by atoms with E-state index in [-0.39, 0.29) is 23.8 Å². The molecule has 1 N–H and O–H groups in total. The third-order valence-corrected chi connectivity index (χ3v) is 6.40. The molecule has 0 atom stereocenters. The molecule has 0 bridgehead atoms. The Morgan fingerprint density at radius 1 is 1.15 bits per heavy atom. The Hall–Kier alpha value is -2.32. The summed E-state index contributed by atoms with van der Waals surface area (Å²) in [7, 11) is -1.79. The van der Waals surface area contributed by atoms with E-state index in [4.69, 9.17) is 0 Å². The number of benzene rings is 2. The number of rotatable bonds is 6. The van der Waals surface area contributed by atoms with Crippen LogP contribution in [0.1, 0.15) is 17.5 Å². The van der Waals surface area contributed by atoms with Crippen LogP contribution in [0.15, 0.2) is 63.3 Å². The van der Waals surface area contributed by atoms with Crippen molar-refractivity contribution in [3.05, 3.63) is 59.7 Å². The van der Waals surface area contributed by atoms with Crippen molar-refractivity contribution in [2.75, 3.05) is 19.8 Å². The van der Waals surface area contributed by atoms with Crippen LogP contribution in [0.25, 0.3) is 0 Å². The average Bonchev–Trinajstić information content (AvgIpc) is 2.93. The van der Waals surface area contributed by atoms with E-state index in [1.165, 1.54) is 4.90 Å². The van der Waals surface area contributed by atoms with Crippen LogP contribution >= 0.6 is 11.8 Å². The number of amides is 1. The number of nitrogens with zero attached hydrogens (tertiary/aromatic N) is 2. The molecule has 0 saturated heterocycles. The molecule has 1 amide bonds. The zero-order valence-electron chi connectivity index (χ0n) is 15.2. The van der Waals surface area contributed by atoms with Crippen molar-refractivity contribution in [2.45, 2.75) is 22.8 Å². The van der Waals surface area contributed by atoms with Gasteiger partial charge in [-0.1, -0.05) is 24.3 Å². The molecule has 0 aliphatic carbocycles. The lowest BCUT2D eigenvalue weighted by Crippen LogP contribution is -2.27. The van der Waals surface area contributed by atoms with Gasteiger partial charge in [0.2, 0.25) is 5.91 Å². The number of aliphatic imine (C=N–C) groups is 1. The van der Waals surface area contributed by atoms with Crippen LogP contribution in [0.4, 0.5) is 0 Å². The monoisotopic (exact) mass is 403 g/mol. The van der Waals surface area contributed by atoms with E-state index in [9.17, 15) is 13.2 Å². The lowest BCUT2D eigenvalue weighted by Gasteiger charge is -2.17. The van der Waals surface area contributed by atoms with Crippen molar-refractivity contribution in [3.8, 4) is 0 Å². The largest absolute Gasteiger partial charge is 0.341 e. The summed E-state index contributed by atoms with van der Waals surface area (Å²) in [6.45, 7) is 0.750. The maximum atomic E-state index is 12.3. The van der Waals surface area contributed by atoms with Crippen LogP contribution in [0.3, 0.4) is 0 Å². The average molecular weight is 404 g/mol. The molecule has 27 heavy (non-hydrogen) atoms. The van der Waals surface area contributed by atoms with Gasteiger partial charge in [-0.15, -0.1) is 11.8 Å². The van der Waals surface area contributed by atoms with E-state index >= 15 is 0 Å². The molecule has 3 rings (SSSR count). The number of carbonyl (C=O) groups excluding carboxylic acids is 1. The lowest BCUT2D eigenvalue weighted by molar-refractivity contribution is -0.130. The standard InChI is InChI=1S/C19H21N3O3S2/c1-22(13-14-7-9-15(26-2)10-8-14)18(23)11-12-20-19-16-5-3-4-6-17(16)27(24,25)21-19/h3-10H,11-13H2,1-2H3,(H,20,21). The third-order valence-electron chi connectivity index (χ3n) is 4.26. The Morgan fingerprint density at radius 3 is 2.56 bits per heavy atom. The molecule has 1 aliphatic heterocycles. The minimum absolute atomic E-state index is 0.0394. The number of sulfonamides is 1. The molecule has 2 aromatic rings. The van der Waals surface area contributed by atoms with E-state index in [1.54, 1.807) is 48.0 Å². The molecule has 2 aromatic carbocycles. The number of nitrogens with one attached hydrogen (secondary N) is 1. The molecule has 0 fully saturated rings. The topological polar surface area (TPSA) is 78.8 Å². The van der Waals surface area contributed by atoms with Gasteiger partial charge in [-0.2, -0.15) is 0 Å². The van der Waals surface area contributed by atoms with E-state index in [1.807, 2.05) is 30.5 Å². The van der Waals surface area contributed by atoms with Gasteiger partial charge in [0.05, 0.1) is 11.4 Å². The molecule has 0 saturated carbocycles. The van der Waals surface area contributed by atoms with Crippen LogP contribution in [-0.4, -0.2) is 44.9 Å². The molecule has 6 nitrogen and oxygen atoms in total. The van der Waals surface area contributed by atoms with Crippen LogP contribution in [0.5, 0.6) is 0 Å². The van der Waals surface area contributed by atoms with Crippen molar-refractivity contribution in [1.29, 1.82) is 0 Å². The second-order valence-corrected chi connectivity index (χ2v) is 8.71. The predicted molar refractivity (Wildman–Crippen MR) is 107 cm³/mol. The Kier molecular flexibility index (Phi) is 5.86. The van der Waals surface area contributed by atoms with Crippen LogP contribution in [0.2, 0.25) is 0 Å². The zero-order valence-corrected chi connectivity index (χ0v) is 16.8. The summed E-state index contributed by atoms with van der Waals surface area (Å²) < 4.78 is 26.5. The number of carbonyl (C=O) groups is 1. The third kappa shape index (κ3) is 4.51. The summed E-state index contributed by atoms with van der Waals surface area (Å²) in [5.41, 5.74) is 1.61. The fourth-order valence-electron chi connectivity index (χ4n) is 2.80. The molecule has 0 aromatic heterocycles. The molecule has 0 spiro atoms. The quantitative estimate of drug-likeness (QED) is 0.752. The van der Waals surface area contributed by atoms with Crippen LogP contribution in [-0.2, 0) is 21.4 Å². The van der Waals surface area contributed by atoms with Crippen LogP contribution in [0, 0.1) is 0 Å². The van der Waals surface area contributed by atoms with Crippen molar-refractivity contribution in [2.24, 2.45) is 4.99 Å². The first kappa shape index (κ1) is 19.4. The zero-order chi connectivity index (χ0) is 19.4. The van der Waals surface area contributed by atoms with Gasteiger partial charge in [0.15, 0.2) is 0 Å². The van der Waals surface area contributed by atoms with Gasteiger partial charge in [-0.25, -0.2) is 8.42 Å². The molecule has 1 heterocycles. The summed E-state index contributed by atoms with van der Waals surface area (Å²) in [6, 6.07) is 14.8. The number of fused-ring (bicyclic) bond motifs is 1. The SMILES string of the molecule is CSc1ccc(CN(C)C(=O)CCN=C2NS(=O)(=O)c3ccccc32)cc1. The molecule has 0 unspecified atom stereocenters. The molecule has 1 aliphatic rings. The molecule has 142 valence electrons. The van der Waals surface area contributed by atoms with Gasteiger partial charge in [0.1, 0.15) is 5.84 Å². The van der Waals surface area contributed by atoms with Gasteiger partial charge in [-0.3, -0.25) is 14.5 Å². The second kappa shape index (κ2) is 8.14. The van der Waals surface area contributed by atoms with Gasteiger partial charge in [0.25, 0.3) is 10.0 Å². The summed E-state index contributed by atoms with van der Waals surface area (Å²) in [5.74, 6) is 0.260. The number of thioether (sulfide) groups is 1. The minimum Gasteiger partial charge on any atom is -0.341 e. The highest BCUT2D eigenvalue weighted by molar-refractivity contribution is 7.98. The Morgan fingerprint density at radius 2 is 1.85 bits per heavy atom. The van der Waals surface area contributed by atoms with Gasteiger partial charge < -0.3 is 4.90 Å². The number of hydrogen-bond donors (Lipinski definition) is 1. The smallest absolute Gasteiger partial charge is 0.263 e. The first-order chi connectivity index (χ1) is 12.9. The Bertz CT molecular complexity index is 970. The normalized spacial score (nSPS) is 16.0. The van der Waals surface area contributed by atoms with Crippen molar-refractivity contribution >= 4 is 33.5 Å². The van der Waals surface area contributed by atoms with Crippen LogP contribution < -0.4 is 4.72 Å². The van der Waals surface area contributed by atoms with Crippen molar-refractivity contribution in [1.82, 2.24) is 9.62 Å². The first-order valence-electron chi connectivity index (χ1n) is 8.44. The van der Waals surface area contributed by atoms with Crippen molar-refractivity contribution in [3.63, 3.8) is 0 Å². The second-order valence-electron chi connectivity index (χ2n) is 6.18. The van der Waals surface area contributed by atoms with E-state index < -0.39 is 10.0 Å². The fourth-order valence-corrected chi connectivity index (χ4v) is 4.46. The molecular formula is C19H21N3O3S2. The molecular weight excluding hydrogens is 382 g/mol. The van der Waals surface area contributed by atoms with E-state index in [2.05, 4.69) is 9.71 Å². The Balaban J connectivity index is 1.58. The summed E-state index contributed by atoms with van der Waals surface area (Å²) in [5, 5.41) is 0. The highest BCUT2D eigenvalue weighted by atomic mass is 32.2. The fraction of sp³-hybridized carbons (Fsp3) is 0.263. The van der Waals surface area contributed by atoms with E-state index in [0.29, 0.717) is 17.9 Å². The van der Waals surface area contributed by atoms with Gasteiger partial charge in [0, 0.05) is 30.5 Å². The lowest BCUT2D eigenvalue weighted by atomic mass is 10.2. The summed E-state index contributed by atoms with van der Waals surface area (Å²) >= 11 is 1.68. The van der Waals surface area contributed by atoms with Gasteiger partial charge >= 0.3 is 0 Å². The number of hydrogen-bond acceptors (Lipinski definition) is 5. The molecule has 8 heteroatoms. The Labute approximate surface area is 163 Å². The molecule has 0 radical (unpaired) electrons. The highest BCUT2D eigenvalue weighted by Crippen LogP contribution is 2.22.